The summed E-state index contributed by atoms with van der Waals surface area (Å²) in [6.45, 7) is 0. The highest BCUT2D eigenvalue weighted by Crippen LogP contribution is 2.63. The SMILES string of the molecule is c1ccc2c(c1)-c1ccccc1C21c2ccccc2-c2ccc(Nc3ccc(-c4ccc(-n5c6ccccc6c6ccccc65)cc4)cc3)cc21. The fourth-order valence-electron chi connectivity index (χ4n) is 9.09. The van der Waals surface area contributed by atoms with E-state index in [0.29, 0.717) is 0 Å². The van der Waals surface area contributed by atoms with E-state index in [9.17, 15) is 0 Å². The number of fused-ring (bicyclic) bond motifs is 13. The molecule has 11 rings (SSSR count). The van der Waals surface area contributed by atoms with Gasteiger partial charge in [0.1, 0.15) is 0 Å². The normalized spacial score (nSPS) is 13.3. The zero-order chi connectivity index (χ0) is 33.5. The fourth-order valence-corrected chi connectivity index (χ4v) is 9.09. The molecular weight excluding hydrogens is 617 g/mol. The van der Waals surface area contributed by atoms with E-state index < -0.39 is 0 Å². The van der Waals surface area contributed by atoms with E-state index in [0.717, 1.165) is 11.4 Å². The number of hydrogen-bond donors (Lipinski definition) is 1. The number of nitrogens with zero attached hydrogens (tertiary/aromatic N) is 1. The Morgan fingerprint density at radius 3 is 1.33 bits per heavy atom. The summed E-state index contributed by atoms with van der Waals surface area (Å²) in [5.41, 5.74) is 18.5. The molecule has 2 nitrogen and oxygen atoms in total. The van der Waals surface area contributed by atoms with Crippen molar-refractivity contribution in [3.63, 3.8) is 0 Å². The van der Waals surface area contributed by atoms with E-state index in [4.69, 9.17) is 0 Å². The van der Waals surface area contributed by atoms with Crippen LogP contribution in [0.15, 0.2) is 188 Å². The third-order valence-electron chi connectivity index (χ3n) is 11.2. The number of para-hydroxylation sites is 2. The van der Waals surface area contributed by atoms with Crippen molar-refractivity contribution in [2.24, 2.45) is 0 Å². The summed E-state index contributed by atoms with van der Waals surface area (Å²) in [5.74, 6) is 0. The lowest BCUT2D eigenvalue weighted by molar-refractivity contribution is 0.794. The number of nitrogens with one attached hydrogen (secondary N) is 1. The van der Waals surface area contributed by atoms with E-state index >= 15 is 0 Å². The first-order valence-corrected chi connectivity index (χ1v) is 17.7. The summed E-state index contributed by atoms with van der Waals surface area (Å²) in [6.07, 6.45) is 0. The van der Waals surface area contributed by atoms with Gasteiger partial charge in [-0.3, -0.25) is 0 Å². The molecule has 0 atom stereocenters. The zero-order valence-electron chi connectivity index (χ0n) is 27.8. The first-order valence-electron chi connectivity index (χ1n) is 17.7. The monoisotopic (exact) mass is 648 g/mol. The van der Waals surface area contributed by atoms with Crippen molar-refractivity contribution in [3.05, 3.63) is 210 Å². The molecule has 1 spiro atoms. The van der Waals surface area contributed by atoms with Crippen molar-refractivity contribution in [2.75, 3.05) is 5.32 Å². The highest BCUT2D eigenvalue weighted by molar-refractivity contribution is 6.09. The molecular formula is C49H32N2. The lowest BCUT2D eigenvalue weighted by Gasteiger charge is -2.30. The van der Waals surface area contributed by atoms with E-state index in [1.807, 2.05) is 0 Å². The molecule has 1 heterocycles. The van der Waals surface area contributed by atoms with Gasteiger partial charge in [0.25, 0.3) is 0 Å². The van der Waals surface area contributed by atoms with Crippen LogP contribution in [0.1, 0.15) is 22.3 Å². The predicted molar refractivity (Wildman–Crippen MR) is 212 cm³/mol. The van der Waals surface area contributed by atoms with Gasteiger partial charge in [-0.1, -0.05) is 140 Å². The number of benzene rings is 8. The van der Waals surface area contributed by atoms with Gasteiger partial charge in [-0.15, -0.1) is 0 Å². The van der Waals surface area contributed by atoms with Crippen molar-refractivity contribution in [1.29, 1.82) is 0 Å². The van der Waals surface area contributed by atoms with Crippen LogP contribution in [0.5, 0.6) is 0 Å². The Morgan fingerprint density at radius 2 is 0.784 bits per heavy atom. The van der Waals surface area contributed by atoms with Crippen LogP contribution in [0.4, 0.5) is 11.4 Å². The molecule has 2 aliphatic rings. The van der Waals surface area contributed by atoms with Gasteiger partial charge in [-0.05, 0) is 104 Å². The van der Waals surface area contributed by atoms with Crippen molar-refractivity contribution in [3.8, 4) is 39.1 Å². The van der Waals surface area contributed by atoms with Gasteiger partial charge in [-0.2, -0.15) is 0 Å². The Labute approximate surface area is 296 Å². The molecule has 0 bridgehead atoms. The first-order chi connectivity index (χ1) is 25.3. The summed E-state index contributed by atoms with van der Waals surface area (Å²) in [6, 6.07) is 68.9. The molecule has 0 saturated heterocycles. The predicted octanol–water partition coefficient (Wildman–Crippen LogP) is 12.5. The van der Waals surface area contributed by atoms with Crippen molar-refractivity contribution in [2.45, 2.75) is 5.41 Å². The van der Waals surface area contributed by atoms with Crippen LogP contribution in [0.2, 0.25) is 0 Å². The van der Waals surface area contributed by atoms with Gasteiger partial charge in [0, 0.05) is 27.8 Å². The average Bonchev–Trinajstić information content (AvgIpc) is 3.80. The highest BCUT2D eigenvalue weighted by atomic mass is 15.0. The number of rotatable bonds is 4. The van der Waals surface area contributed by atoms with Gasteiger partial charge in [0.15, 0.2) is 0 Å². The van der Waals surface area contributed by atoms with Gasteiger partial charge in [-0.25, -0.2) is 0 Å². The molecule has 9 aromatic rings. The Balaban J connectivity index is 0.935. The first kappa shape index (κ1) is 28.2. The van der Waals surface area contributed by atoms with Gasteiger partial charge in [0.05, 0.1) is 16.4 Å². The molecule has 51 heavy (non-hydrogen) atoms. The molecule has 0 fully saturated rings. The number of hydrogen-bond acceptors (Lipinski definition) is 1. The molecule has 0 unspecified atom stereocenters. The summed E-state index contributed by atoms with van der Waals surface area (Å²) in [4.78, 5) is 0. The van der Waals surface area contributed by atoms with E-state index in [1.165, 1.54) is 83.1 Å². The minimum absolute atomic E-state index is 0.341. The largest absolute Gasteiger partial charge is 0.356 e. The third-order valence-corrected chi connectivity index (χ3v) is 11.2. The van der Waals surface area contributed by atoms with E-state index in [2.05, 4.69) is 198 Å². The Kier molecular flexibility index (Phi) is 5.91. The summed E-state index contributed by atoms with van der Waals surface area (Å²) < 4.78 is 2.36. The molecule has 1 aromatic heterocycles. The fraction of sp³-hybridized carbons (Fsp3) is 0.0204. The molecule has 0 radical (unpaired) electrons. The van der Waals surface area contributed by atoms with Gasteiger partial charge in [0.2, 0.25) is 0 Å². The Morgan fingerprint density at radius 1 is 0.353 bits per heavy atom. The molecule has 8 aromatic carbocycles. The smallest absolute Gasteiger partial charge is 0.0726 e. The quantitative estimate of drug-likeness (QED) is 0.201. The van der Waals surface area contributed by atoms with E-state index in [-0.39, 0.29) is 5.41 Å². The number of anilines is 2. The molecule has 2 heteroatoms. The molecule has 0 saturated carbocycles. The topological polar surface area (TPSA) is 17.0 Å². The Hall–Kier alpha value is -6.64. The molecule has 0 aliphatic heterocycles. The van der Waals surface area contributed by atoms with Crippen molar-refractivity contribution in [1.82, 2.24) is 4.57 Å². The minimum atomic E-state index is -0.341. The zero-order valence-corrected chi connectivity index (χ0v) is 27.8. The summed E-state index contributed by atoms with van der Waals surface area (Å²) in [7, 11) is 0. The lowest BCUT2D eigenvalue weighted by atomic mass is 9.70. The summed E-state index contributed by atoms with van der Waals surface area (Å²) in [5, 5.41) is 6.31. The van der Waals surface area contributed by atoms with Crippen LogP contribution >= 0.6 is 0 Å². The molecule has 2 aliphatic carbocycles. The van der Waals surface area contributed by atoms with Gasteiger partial charge >= 0.3 is 0 Å². The van der Waals surface area contributed by atoms with Crippen molar-refractivity contribution < 1.29 is 0 Å². The van der Waals surface area contributed by atoms with Crippen LogP contribution in [0.3, 0.4) is 0 Å². The maximum atomic E-state index is 3.75. The van der Waals surface area contributed by atoms with Crippen molar-refractivity contribution >= 4 is 33.2 Å². The number of aromatic nitrogens is 1. The summed E-state index contributed by atoms with van der Waals surface area (Å²) >= 11 is 0. The molecule has 238 valence electrons. The van der Waals surface area contributed by atoms with Gasteiger partial charge < -0.3 is 9.88 Å². The van der Waals surface area contributed by atoms with Crippen LogP contribution < -0.4 is 5.32 Å². The molecule has 1 N–H and O–H groups in total. The maximum Gasteiger partial charge on any atom is 0.0726 e. The van der Waals surface area contributed by atoms with E-state index in [1.54, 1.807) is 0 Å². The second kappa shape index (κ2) is 10.7. The highest BCUT2D eigenvalue weighted by Gasteiger charge is 2.51. The second-order valence-corrected chi connectivity index (χ2v) is 13.8. The van der Waals surface area contributed by atoms with Crippen LogP contribution in [-0.4, -0.2) is 4.57 Å². The Bertz CT molecular complexity index is 2700. The third kappa shape index (κ3) is 3.93. The average molecular weight is 649 g/mol. The lowest BCUT2D eigenvalue weighted by Crippen LogP contribution is -2.25. The van der Waals surface area contributed by atoms with Crippen LogP contribution in [0, 0.1) is 0 Å². The van der Waals surface area contributed by atoms with Crippen LogP contribution in [0.25, 0.3) is 60.9 Å². The second-order valence-electron chi connectivity index (χ2n) is 13.8. The molecule has 0 amide bonds. The van der Waals surface area contributed by atoms with Crippen LogP contribution in [-0.2, 0) is 5.41 Å². The minimum Gasteiger partial charge on any atom is -0.356 e. The standard InChI is InChI=1S/C49H32N2/c1-6-16-43-37(11-1)38-12-2-7-17-44(38)49(43)45-18-8-3-13-39(45)40-30-27-35(31-46(40)49)50-34-25-21-32(22-26-34)33-23-28-36(29-24-33)51-47-19-9-4-14-41(47)42-15-5-10-20-48(42)51/h1-31,50H. The maximum absolute atomic E-state index is 3.75.